The van der Waals surface area contributed by atoms with Crippen molar-refractivity contribution < 1.29 is 35.6 Å². The molecular formula is C13H23NO7. The third-order valence-corrected chi connectivity index (χ3v) is 4.07. The maximum Gasteiger partial charge on any atom is 0.231 e. The second kappa shape index (κ2) is 7.19. The standard InChI is InChI=1S/C13H23NO7/c1-6-3-8(9(14(20)21)4-7(6)2)11(17)13(19)12(18)10(16)5-15/h8,10-13,15-19H,3-5H2,1-2H3,(H,20,21)/t8-,10-,11+,12+,13-/m1/s1. The van der Waals surface area contributed by atoms with Crippen LogP contribution in [0.4, 0.5) is 0 Å². The first kappa shape index (κ1) is 17.9. The van der Waals surface area contributed by atoms with Gasteiger partial charge >= 0.3 is 0 Å². The smallest absolute Gasteiger partial charge is 0.231 e. The molecule has 0 aromatic heterocycles. The van der Waals surface area contributed by atoms with Crippen LogP contribution in [-0.2, 0) is 0 Å². The zero-order valence-electron chi connectivity index (χ0n) is 12.0. The summed E-state index contributed by atoms with van der Waals surface area (Å²) in [5.74, 6) is -0.883. The molecule has 0 heterocycles. The van der Waals surface area contributed by atoms with Crippen molar-refractivity contribution >= 4 is 5.71 Å². The molecule has 8 heteroatoms. The van der Waals surface area contributed by atoms with E-state index in [2.05, 4.69) is 0 Å². The lowest BCUT2D eigenvalue weighted by atomic mass is 9.78. The lowest BCUT2D eigenvalue weighted by Gasteiger charge is -2.32. The van der Waals surface area contributed by atoms with Crippen LogP contribution in [0.5, 0.6) is 0 Å². The Kier molecular flexibility index (Phi) is 6.11. The Morgan fingerprint density at radius 1 is 1.14 bits per heavy atom. The Hall–Kier alpha value is -1.19. The highest BCUT2D eigenvalue weighted by atomic mass is 16.8. The SMILES string of the molecule is CC1=C(C)C[C@@H]([C@H](O)[C@@H](O)[C@@H](O)[C@H](O)CO)/C(=[N+](\[O-])O)C1. The van der Waals surface area contributed by atoms with Crippen LogP contribution in [0.1, 0.15) is 26.7 Å². The second-order valence-corrected chi connectivity index (χ2v) is 5.53. The molecule has 0 aromatic carbocycles. The van der Waals surface area contributed by atoms with E-state index in [0.29, 0.717) is 0 Å². The van der Waals surface area contributed by atoms with Crippen molar-refractivity contribution in [1.29, 1.82) is 0 Å². The molecular weight excluding hydrogens is 282 g/mol. The van der Waals surface area contributed by atoms with Crippen molar-refractivity contribution in [2.24, 2.45) is 5.92 Å². The number of rotatable bonds is 5. The Balaban J connectivity index is 2.99. The first-order valence-electron chi connectivity index (χ1n) is 6.70. The van der Waals surface area contributed by atoms with Crippen molar-refractivity contribution in [3.8, 4) is 0 Å². The van der Waals surface area contributed by atoms with E-state index in [1.54, 1.807) is 6.92 Å². The number of aliphatic hydroxyl groups excluding tert-OH is 5. The van der Waals surface area contributed by atoms with Crippen LogP contribution in [0.25, 0.3) is 0 Å². The first-order chi connectivity index (χ1) is 9.70. The third kappa shape index (κ3) is 3.92. The van der Waals surface area contributed by atoms with Crippen LogP contribution >= 0.6 is 0 Å². The van der Waals surface area contributed by atoms with Crippen molar-refractivity contribution in [2.75, 3.05) is 6.61 Å². The fourth-order valence-electron chi connectivity index (χ4n) is 2.48. The molecule has 0 spiro atoms. The molecule has 0 saturated heterocycles. The largest absolute Gasteiger partial charge is 0.418 e. The molecule has 0 bridgehead atoms. The fraction of sp³-hybridized carbons (Fsp3) is 0.769. The minimum Gasteiger partial charge on any atom is -0.418 e. The highest BCUT2D eigenvalue weighted by Gasteiger charge is 2.42. The van der Waals surface area contributed by atoms with Gasteiger partial charge in [-0.05, 0) is 20.3 Å². The van der Waals surface area contributed by atoms with Gasteiger partial charge < -0.3 is 30.7 Å². The predicted octanol–water partition coefficient (Wildman–Crippen LogP) is -1.49. The minimum absolute atomic E-state index is 0.0182. The number of aliphatic hydroxyl groups is 5. The van der Waals surface area contributed by atoms with Gasteiger partial charge in [0, 0.05) is 4.90 Å². The summed E-state index contributed by atoms with van der Waals surface area (Å²) in [5, 5.41) is 68.1. The van der Waals surface area contributed by atoms with E-state index in [1.807, 2.05) is 6.92 Å². The normalized spacial score (nSPS) is 28.0. The van der Waals surface area contributed by atoms with Crippen LogP contribution in [0.2, 0.25) is 0 Å². The second-order valence-electron chi connectivity index (χ2n) is 5.53. The zero-order valence-corrected chi connectivity index (χ0v) is 12.0. The van der Waals surface area contributed by atoms with Crippen molar-refractivity contribution in [2.45, 2.75) is 51.1 Å². The number of nitrogens with zero attached hydrogens (tertiary/aromatic N) is 1. The van der Waals surface area contributed by atoms with E-state index in [4.69, 9.17) is 10.3 Å². The van der Waals surface area contributed by atoms with Crippen LogP contribution in [0.15, 0.2) is 11.1 Å². The van der Waals surface area contributed by atoms with E-state index in [1.165, 1.54) is 0 Å². The van der Waals surface area contributed by atoms with Gasteiger partial charge in [0.05, 0.1) is 25.0 Å². The summed E-state index contributed by atoms with van der Waals surface area (Å²) in [4.78, 5) is -0.328. The summed E-state index contributed by atoms with van der Waals surface area (Å²) in [7, 11) is 0. The summed E-state index contributed by atoms with van der Waals surface area (Å²) in [6, 6.07) is 0. The minimum atomic E-state index is -1.77. The average molecular weight is 305 g/mol. The van der Waals surface area contributed by atoms with Gasteiger partial charge in [-0.15, -0.1) is 0 Å². The van der Waals surface area contributed by atoms with Crippen LogP contribution in [0, 0.1) is 11.1 Å². The maximum absolute atomic E-state index is 11.2. The molecule has 0 aromatic rings. The van der Waals surface area contributed by atoms with Gasteiger partial charge in [-0.2, -0.15) is 0 Å². The zero-order chi connectivity index (χ0) is 16.3. The van der Waals surface area contributed by atoms with Crippen LogP contribution < -0.4 is 0 Å². The Morgan fingerprint density at radius 3 is 2.19 bits per heavy atom. The molecule has 0 amide bonds. The molecule has 8 nitrogen and oxygen atoms in total. The fourth-order valence-corrected chi connectivity index (χ4v) is 2.48. The highest BCUT2D eigenvalue weighted by Crippen LogP contribution is 2.31. The van der Waals surface area contributed by atoms with E-state index >= 15 is 0 Å². The topological polar surface area (TPSA) is 147 Å². The van der Waals surface area contributed by atoms with E-state index in [-0.39, 0.29) is 23.5 Å². The number of hydrogen-bond donors (Lipinski definition) is 6. The predicted molar refractivity (Wildman–Crippen MR) is 72.6 cm³/mol. The summed E-state index contributed by atoms with van der Waals surface area (Å²) < 4.78 is 0. The molecule has 122 valence electrons. The summed E-state index contributed by atoms with van der Waals surface area (Å²) >= 11 is 0. The summed E-state index contributed by atoms with van der Waals surface area (Å²) in [6.45, 7) is 2.82. The van der Waals surface area contributed by atoms with Crippen molar-refractivity contribution in [3.05, 3.63) is 16.4 Å². The monoisotopic (exact) mass is 305 g/mol. The molecule has 6 N–H and O–H groups in total. The van der Waals surface area contributed by atoms with Gasteiger partial charge in [-0.1, -0.05) is 11.1 Å². The molecule has 0 radical (unpaired) electrons. The van der Waals surface area contributed by atoms with Gasteiger partial charge in [0.25, 0.3) is 0 Å². The molecule has 1 aliphatic carbocycles. The molecule has 21 heavy (non-hydrogen) atoms. The van der Waals surface area contributed by atoms with Crippen molar-refractivity contribution in [3.63, 3.8) is 0 Å². The van der Waals surface area contributed by atoms with E-state index in [9.17, 15) is 25.6 Å². The molecule has 0 aliphatic heterocycles. The van der Waals surface area contributed by atoms with Gasteiger partial charge in [0.2, 0.25) is 5.71 Å². The summed E-state index contributed by atoms with van der Waals surface area (Å²) in [5.41, 5.74) is 1.78. The lowest BCUT2D eigenvalue weighted by molar-refractivity contribution is -0.728. The van der Waals surface area contributed by atoms with Gasteiger partial charge in [-0.3, -0.25) is 5.21 Å². The molecule has 0 unspecified atom stereocenters. The quantitative estimate of drug-likeness (QED) is 0.157. The van der Waals surface area contributed by atoms with Gasteiger partial charge in [-0.25, -0.2) is 0 Å². The van der Waals surface area contributed by atoms with Gasteiger partial charge in [0.15, 0.2) is 0 Å². The van der Waals surface area contributed by atoms with Crippen LogP contribution in [-0.4, -0.2) is 72.4 Å². The van der Waals surface area contributed by atoms with Crippen molar-refractivity contribution in [1.82, 2.24) is 0 Å². The Morgan fingerprint density at radius 2 is 1.71 bits per heavy atom. The van der Waals surface area contributed by atoms with Gasteiger partial charge in [0.1, 0.15) is 18.3 Å². The molecule has 1 aliphatic rings. The number of allylic oxidation sites excluding steroid dienone is 2. The summed E-state index contributed by atoms with van der Waals surface area (Å²) in [6.07, 6.45) is -6.32. The third-order valence-electron chi connectivity index (χ3n) is 4.07. The Bertz CT molecular complexity index is 430. The molecule has 0 saturated carbocycles. The molecule has 0 fully saturated rings. The highest BCUT2D eigenvalue weighted by molar-refractivity contribution is 5.86. The van der Waals surface area contributed by atoms with E-state index < -0.39 is 36.9 Å². The lowest BCUT2D eigenvalue weighted by Crippen LogP contribution is -2.51. The first-order valence-corrected chi connectivity index (χ1v) is 6.70. The molecule has 1 rings (SSSR count). The Labute approximate surface area is 122 Å². The average Bonchev–Trinajstić information content (AvgIpc) is 2.46. The van der Waals surface area contributed by atoms with Crippen LogP contribution in [0.3, 0.4) is 0 Å². The maximum atomic E-state index is 11.2. The number of hydrogen-bond acceptors (Lipinski definition) is 7. The van der Waals surface area contributed by atoms with E-state index in [0.717, 1.165) is 11.1 Å². The molecule has 5 atom stereocenters.